The van der Waals surface area contributed by atoms with E-state index < -0.39 is 21.5 Å². The maximum atomic E-state index is 12.5. The lowest BCUT2D eigenvalue weighted by atomic mass is 9.86. The fraction of sp³-hybridized carbons (Fsp3) is 0.667. The molecule has 1 aromatic heterocycles. The zero-order valence-electron chi connectivity index (χ0n) is 13.7. The fourth-order valence-corrected chi connectivity index (χ4v) is 4.21. The van der Waals surface area contributed by atoms with Crippen molar-refractivity contribution in [1.82, 2.24) is 20.1 Å². The number of nitrogens with zero attached hydrogens (tertiary/aromatic N) is 3. The number of amides is 1. The third-order valence-electron chi connectivity index (χ3n) is 4.27. The van der Waals surface area contributed by atoms with Gasteiger partial charge in [-0.25, -0.2) is 8.42 Å². The van der Waals surface area contributed by atoms with Gasteiger partial charge in [-0.1, -0.05) is 25.8 Å². The van der Waals surface area contributed by atoms with Crippen molar-refractivity contribution in [3.05, 3.63) is 18.5 Å². The van der Waals surface area contributed by atoms with Gasteiger partial charge in [0, 0.05) is 12.6 Å². The molecule has 2 unspecified atom stereocenters. The maximum Gasteiger partial charge on any atom is 0.250 e. The van der Waals surface area contributed by atoms with E-state index >= 15 is 0 Å². The summed E-state index contributed by atoms with van der Waals surface area (Å²) in [6.45, 7) is 7.63. The zero-order chi connectivity index (χ0) is 17.0. The van der Waals surface area contributed by atoms with Gasteiger partial charge >= 0.3 is 0 Å². The van der Waals surface area contributed by atoms with E-state index in [1.165, 1.54) is 4.57 Å². The molecular formula is C15H24N4O3S. The van der Waals surface area contributed by atoms with Crippen LogP contribution < -0.4 is 5.32 Å². The molecule has 0 bridgehead atoms. The Morgan fingerprint density at radius 2 is 2.09 bits per heavy atom. The highest BCUT2D eigenvalue weighted by atomic mass is 32.2. The van der Waals surface area contributed by atoms with Crippen LogP contribution in [0.2, 0.25) is 0 Å². The summed E-state index contributed by atoms with van der Waals surface area (Å²) >= 11 is 0. The topological polar surface area (TPSA) is 93.9 Å². The van der Waals surface area contributed by atoms with Crippen LogP contribution in [0, 0.1) is 12.8 Å². The molecular weight excluding hydrogens is 316 g/mol. The van der Waals surface area contributed by atoms with Crippen molar-refractivity contribution >= 4 is 15.7 Å². The summed E-state index contributed by atoms with van der Waals surface area (Å²) < 4.78 is 26.4. The molecule has 1 amide bonds. The molecule has 23 heavy (non-hydrogen) atoms. The van der Waals surface area contributed by atoms with Crippen molar-refractivity contribution in [3.8, 4) is 0 Å². The van der Waals surface area contributed by atoms with E-state index in [9.17, 15) is 13.2 Å². The van der Waals surface area contributed by atoms with Gasteiger partial charge in [-0.05, 0) is 25.7 Å². The predicted octanol–water partition coefficient (Wildman–Crippen LogP) is 1.24. The number of carbonyl (C=O) groups excluding carboxylic acids is 1. The molecule has 0 saturated heterocycles. The van der Waals surface area contributed by atoms with E-state index in [1.54, 1.807) is 13.0 Å². The lowest BCUT2D eigenvalue weighted by molar-refractivity contribution is -0.119. The van der Waals surface area contributed by atoms with Gasteiger partial charge in [-0.2, -0.15) is 0 Å². The van der Waals surface area contributed by atoms with Crippen LogP contribution in [0.1, 0.15) is 38.4 Å². The number of allylic oxidation sites excluding steroid dienone is 1. The van der Waals surface area contributed by atoms with Crippen LogP contribution >= 0.6 is 0 Å². The van der Waals surface area contributed by atoms with Crippen LogP contribution in [0.4, 0.5) is 0 Å². The van der Waals surface area contributed by atoms with E-state index in [-0.39, 0.29) is 17.7 Å². The molecule has 2 atom stereocenters. The van der Waals surface area contributed by atoms with Crippen LogP contribution in [-0.2, 0) is 21.2 Å². The number of hydrogen-bond acceptors (Lipinski definition) is 5. The van der Waals surface area contributed by atoms with Crippen molar-refractivity contribution in [2.45, 2.75) is 57.3 Å². The van der Waals surface area contributed by atoms with Crippen molar-refractivity contribution < 1.29 is 13.2 Å². The Labute approximate surface area is 137 Å². The molecule has 0 aromatic carbocycles. The summed E-state index contributed by atoms with van der Waals surface area (Å²) in [6.07, 6.45) is 5.76. The second kappa shape index (κ2) is 7.25. The molecule has 7 nitrogen and oxygen atoms in total. The Hall–Kier alpha value is -1.70. The van der Waals surface area contributed by atoms with Gasteiger partial charge in [0.15, 0.2) is 0 Å². The van der Waals surface area contributed by atoms with Crippen molar-refractivity contribution in [3.63, 3.8) is 0 Å². The second-order valence-electron chi connectivity index (χ2n) is 6.12. The molecule has 8 heteroatoms. The van der Waals surface area contributed by atoms with Crippen molar-refractivity contribution in [2.24, 2.45) is 5.92 Å². The molecule has 0 aliphatic heterocycles. The van der Waals surface area contributed by atoms with E-state index in [4.69, 9.17) is 0 Å². The molecule has 1 fully saturated rings. The first-order chi connectivity index (χ1) is 10.8. The molecule has 1 aliphatic carbocycles. The number of carbonyl (C=O) groups is 1. The first-order valence-electron chi connectivity index (χ1n) is 7.88. The summed E-state index contributed by atoms with van der Waals surface area (Å²) in [7, 11) is -3.83. The van der Waals surface area contributed by atoms with Gasteiger partial charge in [-0.3, -0.25) is 9.36 Å². The Balaban J connectivity index is 2.08. The Bertz CT molecular complexity index is 681. The Morgan fingerprint density at radius 3 is 2.74 bits per heavy atom. The van der Waals surface area contributed by atoms with Crippen LogP contribution in [0.5, 0.6) is 0 Å². The molecule has 1 saturated carbocycles. The fourth-order valence-electron chi connectivity index (χ4n) is 2.95. The van der Waals surface area contributed by atoms with Gasteiger partial charge in [0.1, 0.15) is 11.6 Å². The lowest BCUT2D eigenvalue weighted by Crippen LogP contribution is -2.43. The SMILES string of the molecule is C=CCn1c(C)nnc1S(=O)(=O)CC(=O)NC1CCCCC1C. The number of nitrogens with one attached hydrogen (secondary N) is 1. The standard InChI is InChI=1S/C15H24N4O3S/c1-4-9-19-12(3)17-18-15(19)23(21,22)10-14(20)16-13-8-6-5-7-11(13)2/h4,11,13H,1,5-10H2,2-3H3,(H,16,20). The molecule has 0 radical (unpaired) electrons. The summed E-state index contributed by atoms with van der Waals surface area (Å²) in [5.74, 6) is -0.229. The third-order valence-corrected chi connectivity index (χ3v) is 5.77. The minimum atomic E-state index is -3.83. The summed E-state index contributed by atoms with van der Waals surface area (Å²) in [4.78, 5) is 12.2. The summed E-state index contributed by atoms with van der Waals surface area (Å²) in [5, 5.41) is 10.2. The molecule has 1 N–H and O–H groups in total. The maximum absolute atomic E-state index is 12.5. The number of aromatic nitrogens is 3. The van der Waals surface area contributed by atoms with E-state index in [0.29, 0.717) is 11.7 Å². The molecule has 2 rings (SSSR count). The number of sulfone groups is 1. The van der Waals surface area contributed by atoms with Gasteiger partial charge in [-0.15, -0.1) is 16.8 Å². The normalized spacial score (nSPS) is 21.8. The highest BCUT2D eigenvalue weighted by molar-refractivity contribution is 7.91. The van der Waals surface area contributed by atoms with Gasteiger partial charge < -0.3 is 5.32 Å². The molecule has 128 valence electrons. The molecule has 1 aromatic rings. The van der Waals surface area contributed by atoms with E-state index in [2.05, 4.69) is 29.0 Å². The predicted molar refractivity (Wildman–Crippen MR) is 86.6 cm³/mol. The summed E-state index contributed by atoms with van der Waals surface area (Å²) in [6, 6.07) is 0.0548. The lowest BCUT2D eigenvalue weighted by Gasteiger charge is -2.29. The smallest absolute Gasteiger partial charge is 0.250 e. The largest absolute Gasteiger partial charge is 0.352 e. The van der Waals surface area contributed by atoms with Crippen molar-refractivity contribution in [2.75, 3.05) is 5.75 Å². The van der Waals surface area contributed by atoms with Gasteiger partial charge in [0.05, 0.1) is 0 Å². The van der Waals surface area contributed by atoms with Crippen LogP contribution in [0.15, 0.2) is 17.8 Å². The van der Waals surface area contributed by atoms with Gasteiger partial charge in [0.25, 0.3) is 5.16 Å². The number of rotatable bonds is 6. The van der Waals surface area contributed by atoms with Crippen LogP contribution in [-0.4, -0.2) is 40.9 Å². The Morgan fingerprint density at radius 1 is 1.39 bits per heavy atom. The molecule has 1 aliphatic rings. The average Bonchev–Trinajstić information content (AvgIpc) is 2.83. The minimum absolute atomic E-state index is 0.0548. The highest BCUT2D eigenvalue weighted by Crippen LogP contribution is 2.23. The third kappa shape index (κ3) is 4.19. The minimum Gasteiger partial charge on any atom is -0.352 e. The second-order valence-corrected chi connectivity index (χ2v) is 8.01. The van der Waals surface area contributed by atoms with Crippen LogP contribution in [0.3, 0.4) is 0 Å². The highest BCUT2D eigenvalue weighted by Gasteiger charge is 2.29. The van der Waals surface area contributed by atoms with Gasteiger partial charge in [0.2, 0.25) is 15.7 Å². The number of aryl methyl sites for hydroxylation is 1. The summed E-state index contributed by atoms with van der Waals surface area (Å²) in [5.41, 5.74) is 0. The zero-order valence-corrected chi connectivity index (χ0v) is 14.5. The quantitative estimate of drug-likeness (QED) is 0.786. The first-order valence-corrected chi connectivity index (χ1v) is 9.53. The van der Waals surface area contributed by atoms with E-state index in [0.717, 1.165) is 25.7 Å². The molecule has 0 spiro atoms. The molecule has 1 heterocycles. The Kier molecular flexibility index (Phi) is 5.56. The number of hydrogen-bond donors (Lipinski definition) is 1. The average molecular weight is 340 g/mol. The monoisotopic (exact) mass is 340 g/mol. The van der Waals surface area contributed by atoms with Crippen molar-refractivity contribution in [1.29, 1.82) is 0 Å². The first kappa shape index (κ1) is 17.7. The van der Waals surface area contributed by atoms with Crippen LogP contribution in [0.25, 0.3) is 0 Å². The van der Waals surface area contributed by atoms with E-state index in [1.807, 2.05) is 0 Å².